The van der Waals surface area contributed by atoms with Crippen LogP contribution < -0.4 is 0 Å². The molecule has 71 heavy (non-hydrogen) atoms. The van der Waals surface area contributed by atoms with E-state index in [1.807, 2.05) is 11.3 Å². The van der Waals surface area contributed by atoms with E-state index in [0.717, 1.165) is 91.7 Å². The van der Waals surface area contributed by atoms with Crippen molar-refractivity contribution in [1.29, 1.82) is 0 Å². The van der Waals surface area contributed by atoms with Gasteiger partial charge < -0.3 is 8.98 Å². The average molecular weight is 926 g/mol. The number of aliphatic imine (C=N–C) groups is 2. The molecule has 5 heteroatoms. The second-order valence-electron chi connectivity index (χ2n) is 19.0. The first-order chi connectivity index (χ1) is 35.2. The number of nitrogens with zero attached hydrogens (tertiary/aromatic N) is 3. The van der Waals surface area contributed by atoms with Gasteiger partial charge in [-0.05, 0) is 117 Å². The molecule has 1 atom stereocenters. The van der Waals surface area contributed by atoms with E-state index in [1.54, 1.807) is 0 Å². The lowest BCUT2D eigenvalue weighted by Gasteiger charge is -2.23. The lowest BCUT2D eigenvalue weighted by atomic mass is 9.93. The van der Waals surface area contributed by atoms with Gasteiger partial charge in [0.05, 0.1) is 28.5 Å². The molecule has 0 N–H and O–H groups in total. The van der Waals surface area contributed by atoms with Crippen LogP contribution in [0.4, 0.5) is 0 Å². The molecular weight excluding hydrogens is 883 g/mol. The minimum Gasteiger partial charge on any atom is -0.456 e. The molecule has 14 aromatic rings. The predicted octanol–water partition coefficient (Wildman–Crippen LogP) is 18.3. The largest absolute Gasteiger partial charge is 0.456 e. The van der Waals surface area contributed by atoms with Crippen molar-refractivity contribution in [3.05, 3.63) is 235 Å². The van der Waals surface area contributed by atoms with Gasteiger partial charge in [-0.2, -0.15) is 0 Å². The summed E-state index contributed by atoms with van der Waals surface area (Å²) in [5, 5.41) is 14.5. The molecule has 0 aliphatic carbocycles. The van der Waals surface area contributed by atoms with E-state index in [2.05, 4.69) is 223 Å². The van der Waals surface area contributed by atoms with Gasteiger partial charge >= 0.3 is 0 Å². The Morgan fingerprint density at radius 1 is 0.451 bits per heavy atom. The maximum Gasteiger partial charge on any atom is 0.155 e. The Morgan fingerprint density at radius 2 is 1.13 bits per heavy atom. The van der Waals surface area contributed by atoms with Crippen LogP contribution in [0.25, 0.3) is 113 Å². The van der Waals surface area contributed by atoms with E-state index in [0.29, 0.717) is 0 Å². The molecule has 0 bridgehead atoms. The van der Waals surface area contributed by atoms with Crippen LogP contribution in [0.5, 0.6) is 0 Å². The Balaban J connectivity index is 1.04. The van der Waals surface area contributed by atoms with E-state index in [-0.39, 0.29) is 6.04 Å². The Bertz CT molecular complexity index is 4570. The van der Waals surface area contributed by atoms with Gasteiger partial charge in [0, 0.05) is 58.4 Å². The Labute approximate surface area is 413 Å². The van der Waals surface area contributed by atoms with Crippen molar-refractivity contribution in [1.82, 2.24) is 4.57 Å². The van der Waals surface area contributed by atoms with Gasteiger partial charge in [0.25, 0.3) is 0 Å². The lowest BCUT2D eigenvalue weighted by Crippen LogP contribution is -2.14. The first-order valence-electron chi connectivity index (χ1n) is 24.6. The van der Waals surface area contributed by atoms with Crippen LogP contribution in [0.3, 0.4) is 0 Å². The molecule has 0 fully saturated rings. The third-order valence-corrected chi connectivity index (χ3v) is 16.1. The van der Waals surface area contributed by atoms with Gasteiger partial charge in [0.2, 0.25) is 0 Å². The molecule has 4 heterocycles. The topological polar surface area (TPSA) is 42.8 Å². The van der Waals surface area contributed by atoms with Crippen LogP contribution >= 0.6 is 11.3 Å². The zero-order valence-electron chi connectivity index (χ0n) is 38.6. The number of hydrogen-bond acceptors (Lipinski definition) is 4. The minimum atomic E-state index is -0.258. The number of benzene rings is 11. The summed E-state index contributed by atoms with van der Waals surface area (Å²) in [6.07, 6.45) is 2.51. The number of fused-ring (bicyclic) bond motifs is 14. The number of rotatable bonds is 5. The van der Waals surface area contributed by atoms with Crippen LogP contribution in [0.15, 0.2) is 233 Å². The van der Waals surface area contributed by atoms with Gasteiger partial charge in [0.1, 0.15) is 11.2 Å². The molecule has 3 aromatic heterocycles. The lowest BCUT2D eigenvalue weighted by molar-refractivity contribution is 0.617. The second-order valence-corrected chi connectivity index (χ2v) is 20.1. The molecule has 1 aliphatic rings. The maximum atomic E-state index is 6.95. The Morgan fingerprint density at radius 3 is 1.97 bits per heavy atom. The van der Waals surface area contributed by atoms with Crippen LogP contribution in [-0.2, 0) is 0 Å². The summed E-state index contributed by atoms with van der Waals surface area (Å²) in [5.41, 5.74) is 11.8. The summed E-state index contributed by atoms with van der Waals surface area (Å²) in [6.45, 7) is 0. The summed E-state index contributed by atoms with van der Waals surface area (Å²) in [6, 6.07) is 79.3. The minimum absolute atomic E-state index is 0.258. The summed E-state index contributed by atoms with van der Waals surface area (Å²) in [5.74, 6) is 0.736. The first kappa shape index (κ1) is 40.3. The zero-order chi connectivity index (χ0) is 46.6. The summed E-state index contributed by atoms with van der Waals surface area (Å²) < 4.78 is 12.0. The fraction of sp³-hybridized carbons (Fsp3) is 0.0606. The van der Waals surface area contributed by atoms with Crippen LogP contribution in [0.2, 0.25) is 0 Å². The van der Waals surface area contributed by atoms with Gasteiger partial charge in [-0.25, -0.2) is 4.99 Å². The predicted molar refractivity (Wildman–Crippen MR) is 301 cm³/mol. The highest BCUT2D eigenvalue weighted by Crippen LogP contribution is 2.45. The van der Waals surface area contributed by atoms with Crippen LogP contribution in [-0.4, -0.2) is 16.1 Å². The molecule has 11 aromatic carbocycles. The zero-order valence-corrected chi connectivity index (χ0v) is 39.5. The number of thiophene rings is 1. The molecule has 4 nitrogen and oxygen atoms in total. The van der Waals surface area contributed by atoms with Crippen molar-refractivity contribution in [2.75, 3.05) is 0 Å². The molecule has 1 unspecified atom stereocenters. The monoisotopic (exact) mass is 925 g/mol. The van der Waals surface area contributed by atoms with Gasteiger partial charge in [-0.15, -0.1) is 11.3 Å². The average Bonchev–Trinajstić information content (AvgIpc) is 4.10. The van der Waals surface area contributed by atoms with Gasteiger partial charge in [0.15, 0.2) is 5.84 Å². The van der Waals surface area contributed by atoms with E-state index < -0.39 is 0 Å². The summed E-state index contributed by atoms with van der Waals surface area (Å²) in [4.78, 5) is 11.7. The number of aromatic nitrogens is 1. The quantitative estimate of drug-likeness (QED) is 0.170. The van der Waals surface area contributed by atoms with Crippen molar-refractivity contribution in [3.63, 3.8) is 0 Å². The van der Waals surface area contributed by atoms with Crippen molar-refractivity contribution in [3.8, 4) is 16.8 Å². The molecule has 0 spiro atoms. The summed E-state index contributed by atoms with van der Waals surface area (Å²) in [7, 11) is 0. The Hall–Kier alpha value is -8.64. The van der Waals surface area contributed by atoms with Crippen molar-refractivity contribution in [2.45, 2.75) is 25.3 Å². The van der Waals surface area contributed by atoms with Crippen LogP contribution in [0, 0.1) is 0 Å². The van der Waals surface area contributed by atoms with Crippen molar-refractivity contribution >= 4 is 119 Å². The highest BCUT2D eigenvalue weighted by molar-refractivity contribution is 7.25. The molecule has 1 aliphatic heterocycles. The van der Waals surface area contributed by atoms with E-state index in [9.17, 15) is 0 Å². The summed E-state index contributed by atoms with van der Waals surface area (Å²) >= 11 is 1.85. The van der Waals surface area contributed by atoms with Gasteiger partial charge in [-0.1, -0.05) is 164 Å². The maximum absolute atomic E-state index is 6.95. The molecule has 0 saturated carbocycles. The highest BCUT2D eigenvalue weighted by Gasteiger charge is 2.27. The first-order valence-corrected chi connectivity index (χ1v) is 25.4. The van der Waals surface area contributed by atoms with E-state index >= 15 is 0 Å². The SMILES string of the molecule is c1ccc(-c2cccc(C3=N/C(c4cc5oc6ccc7ccccc7c6c5cc4-n4c5cc6ccccc6cc5c5c6ccccc6ccc54)CCC/C(c4cccc5sc6ccccc6c45)=N\3)c2)cc1. The standard InChI is InChI=1S/C66H43N3OS/c1-2-15-40(16-3-1)43-21-12-22-46(35-43)66-67-54(49-26-13-30-62-65(49)50-25-10-11-29-61(50)71-62)27-14-28-55(68-66)51-39-60-53(64-48-24-9-7-18-42(48)32-34-59(64)70-60)38-58(51)69-56-33-31-41-17-6-8-23-47(41)63(56)52-36-44-19-4-5-20-45(44)37-57(52)69/h1-13,15-26,29-39,55H,14,27-28H2/b67-54+,68-66-. The molecule has 15 rings (SSSR count). The number of amidine groups is 1. The fourth-order valence-electron chi connectivity index (χ4n) is 11.7. The molecular formula is C66H43N3OS. The molecule has 0 saturated heterocycles. The third-order valence-electron chi connectivity index (χ3n) is 15.0. The van der Waals surface area contributed by atoms with Crippen molar-refractivity contribution in [2.24, 2.45) is 9.98 Å². The van der Waals surface area contributed by atoms with Crippen LogP contribution in [0.1, 0.15) is 42.0 Å². The van der Waals surface area contributed by atoms with Crippen molar-refractivity contribution < 1.29 is 4.42 Å². The molecule has 0 radical (unpaired) electrons. The van der Waals surface area contributed by atoms with Gasteiger partial charge in [-0.3, -0.25) is 4.99 Å². The second kappa shape index (κ2) is 16.0. The molecule has 334 valence electrons. The van der Waals surface area contributed by atoms with E-state index in [1.165, 1.54) is 68.8 Å². The Kier molecular flexibility index (Phi) is 9.05. The highest BCUT2D eigenvalue weighted by atomic mass is 32.1. The number of furan rings is 1. The van der Waals surface area contributed by atoms with E-state index in [4.69, 9.17) is 14.4 Å². The number of hydrogen-bond donors (Lipinski definition) is 0. The third kappa shape index (κ3) is 6.43. The smallest absolute Gasteiger partial charge is 0.155 e. The molecule has 0 amide bonds. The fourth-order valence-corrected chi connectivity index (χ4v) is 12.9. The normalized spacial score (nSPS) is 16.1.